The molecule has 0 aliphatic rings. The second-order valence-corrected chi connectivity index (χ2v) is 7.06. The number of hydrogen-bond acceptors (Lipinski definition) is 5. The van der Waals surface area contributed by atoms with E-state index in [1.165, 1.54) is 11.8 Å². The number of hydrogen-bond donors (Lipinski definition) is 1. The Balaban J connectivity index is 1.53. The largest absolute Gasteiger partial charge is 0.497 e. The monoisotopic (exact) mass is 405 g/mol. The third-order valence-corrected chi connectivity index (χ3v) is 5.07. The zero-order chi connectivity index (χ0) is 20.1. The number of nitrogens with zero attached hydrogens (tertiary/aromatic N) is 4. The fourth-order valence-electron chi connectivity index (χ4n) is 2.82. The molecule has 7 nitrogen and oxygen atoms in total. The highest BCUT2D eigenvalue weighted by atomic mass is 32.2. The molecule has 0 fully saturated rings. The van der Waals surface area contributed by atoms with Gasteiger partial charge in [0.05, 0.1) is 12.9 Å². The molecule has 0 atom stereocenters. The molecule has 0 saturated heterocycles. The lowest BCUT2D eigenvalue weighted by molar-refractivity contribution is -0.113. The van der Waals surface area contributed by atoms with Crippen LogP contribution in [0.1, 0.15) is 0 Å². The van der Waals surface area contributed by atoms with E-state index in [0.717, 1.165) is 5.56 Å². The van der Waals surface area contributed by atoms with Crippen LogP contribution < -0.4 is 10.1 Å². The first-order valence-electron chi connectivity index (χ1n) is 8.96. The topological polar surface area (TPSA) is 74.0 Å². The Morgan fingerprint density at radius 2 is 1.83 bits per heavy atom. The van der Waals surface area contributed by atoms with Gasteiger partial charge in [0.25, 0.3) is 0 Å². The number of carbonyl (C=O) groups is 1. The van der Waals surface area contributed by atoms with E-state index in [9.17, 15) is 4.79 Å². The van der Waals surface area contributed by atoms with E-state index >= 15 is 0 Å². The molecular formula is C21H19N5O2S. The molecular weight excluding hydrogens is 386 g/mol. The summed E-state index contributed by atoms with van der Waals surface area (Å²) in [6.07, 6.45) is 3.83. The molecule has 0 aliphatic carbocycles. The van der Waals surface area contributed by atoms with Gasteiger partial charge in [-0.3, -0.25) is 9.47 Å². The van der Waals surface area contributed by atoms with Gasteiger partial charge in [-0.25, -0.2) is 4.68 Å². The van der Waals surface area contributed by atoms with Gasteiger partial charge in [-0.15, -0.1) is 10.2 Å². The van der Waals surface area contributed by atoms with Crippen molar-refractivity contribution in [1.82, 2.24) is 19.5 Å². The van der Waals surface area contributed by atoms with Crippen LogP contribution >= 0.6 is 11.8 Å². The smallest absolute Gasteiger partial charge is 0.234 e. The summed E-state index contributed by atoms with van der Waals surface area (Å²) >= 11 is 1.32. The van der Waals surface area contributed by atoms with Gasteiger partial charge >= 0.3 is 0 Å². The quantitative estimate of drug-likeness (QED) is 0.474. The van der Waals surface area contributed by atoms with Crippen LogP contribution in [0.15, 0.2) is 84.3 Å². The highest BCUT2D eigenvalue weighted by Crippen LogP contribution is 2.24. The van der Waals surface area contributed by atoms with Crippen molar-refractivity contribution in [2.45, 2.75) is 5.16 Å². The third-order valence-electron chi connectivity index (χ3n) is 4.15. The van der Waals surface area contributed by atoms with Crippen molar-refractivity contribution in [3.63, 3.8) is 0 Å². The van der Waals surface area contributed by atoms with Crippen molar-refractivity contribution in [3.05, 3.63) is 79.1 Å². The van der Waals surface area contributed by atoms with Crippen LogP contribution in [0.3, 0.4) is 0 Å². The molecule has 8 heteroatoms. The van der Waals surface area contributed by atoms with E-state index < -0.39 is 0 Å². The van der Waals surface area contributed by atoms with E-state index in [0.29, 0.717) is 22.4 Å². The van der Waals surface area contributed by atoms with Gasteiger partial charge in [-0.1, -0.05) is 48.2 Å². The number of aromatic nitrogens is 4. The molecule has 0 bridgehead atoms. The van der Waals surface area contributed by atoms with Crippen molar-refractivity contribution in [2.24, 2.45) is 0 Å². The van der Waals surface area contributed by atoms with E-state index in [-0.39, 0.29) is 11.7 Å². The first kappa shape index (κ1) is 18.8. The third kappa shape index (κ3) is 4.33. The molecule has 146 valence electrons. The Morgan fingerprint density at radius 1 is 1.03 bits per heavy atom. The summed E-state index contributed by atoms with van der Waals surface area (Å²) in [6.45, 7) is 0. The Labute approximate surface area is 172 Å². The molecule has 4 aromatic rings. The lowest BCUT2D eigenvalue weighted by Gasteiger charge is -2.11. The number of rotatable bonds is 7. The predicted octanol–water partition coefficient (Wildman–Crippen LogP) is 3.80. The molecule has 2 aromatic heterocycles. The second kappa shape index (κ2) is 8.66. The highest BCUT2D eigenvalue weighted by Gasteiger charge is 2.17. The summed E-state index contributed by atoms with van der Waals surface area (Å²) in [5, 5.41) is 12.2. The molecule has 4 rings (SSSR count). The molecule has 0 aliphatic heterocycles. The summed E-state index contributed by atoms with van der Waals surface area (Å²) in [6, 6.07) is 20.9. The molecule has 0 spiro atoms. The maximum atomic E-state index is 12.4. The van der Waals surface area contributed by atoms with E-state index in [1.807, 2.05) is 82.4 Å². The SMILES string of the molecule is COc1cccc(NC(=O)CSc2nnc(-c3ccccc3)n2-n2cccc2)c1. The predicted molar refractivity (Wildman–Crippen MR) is 113 cm³/mol. The van der Waals surface area contributed by atoms with Crippen molar-refractivity contribution in [2.75, 3.05) is 18.2 Å². The fourth-order valence-corrected chi connectivity index (χ4v) is 3.55. The fraction of sp³-hybridized carbons (Fsp3) is 0.0952. The summed E-state index contributed by atoms with van der Waals surface area (Å²) in [5.74, 6) is 1.46. The Bertz CT molecular complexity index is 1090. The van der Waals surface area contributed by atoms with E-state index in [2.05, 4.69) is 15.5 Å². The standard InChI is InChI=1S/C21H19N5O2S/c1-28-18-11-7-10-17(14-18)22-19(27)15-29-21-24-23-20(16-8-3-2-4-9-16)26(21)25-12-5-6-13-25/h2-14H,15H2,1H3,(H,22,27). The maximum absolute atomic E-state index is 12.4. The average Bonchev–Trinajstić information content (AvgIpc) is 3.42. The molecule has 29 heavy (non-hydrogen) atoms. The lowest BCUT2D eigenvalue weighted by atomic mass is 10.2. The number of anilines is 1. The van der Waals surface area contributed by atoms with E-state index in [4.69, 9.17) is 4.74 Å². The van der Waals surface area contributed by atoms with Crippen molar-refractivity contribution >= 4 is 23.4 Å². The minimum Gasteiger partial charge on any atom is -0.497 e. The number of carbonyl (C=O) groups excluding carboxylic acids is 1. The van der Waals surface area contributed by atoms with Crippen LogP contribution in [-0.2, 0) is 4.79 Å². The van der Waals surface area contributed by atoms with Gasteiger partial charge in [0, 0.05) is 29.7 Å². The molecule has 0 radical (unpaired) electrons. The molecule has 0 unspecified atom stereocenters. The summed E-state index contributed by atoms with van der Waals surface area (Å²) in [5.41, 5.74) is 1.63. The van der Waals surface area contributed by atoms with Crippen LogP contribution in [0, 0.1) is 0 Å². The average molecular weight is 405 g/mol. The second-order valence-electron chi connectivity index (χ2n) is 6.12. The van der Waals surface area contributed by atoms with E-state index in [1.54, 1.807) is 13.2 Å². The number of ether oxygens (including phenoxy) is 1. The summed E-state index contributed by atoms with van der Waals surface area (Å²) in [7, 11) is 1.59. The Hall–Kier alpha value is -3.52. The zero-order valence-corrected chi connectivity index (χ0v) is 16.5. The lowest BCUT2D eigenvalue weighted by Crippen LogP contribution is -2.15. The minimum atomic E-state index is -0.133. The van der Waals surface area contributed by atoms with Crippen molar-refractivity contribution in [1.29, 1.82) is 0 Å². The molecule has 2 aromatic carbocycles. The number of nitrogens with one attached hydrogen (secondary N) is 1. The number of methoxy groups -OCH3 is 1. The number of thioether (sulfide) groups is 1. The van der Waals surface area contributed by atoms with Crippen LogP contribution in [0.4, 0.5) is 5.69 Å². The van der Waals surface area contributed by atoms with Gasteiger partial charge < -0.3 is 10.1 Å². The van der Waals surface area contributed by atoms with Crippen LogP contribution in [0.5, 0.6) is 5.75 Å². The first-order valence-corrected chi connectivity index (χ1v) is 9.94. The van der Waals surface area contributed by atoms with Crippen LogP contribution in [0.2, 0.25) is 0 Å². The number of amides is 1. The van der Waals surface area contributed by atoms with Gasteiger partial charge in [0.15, 0.2) is 5.82 Å². The highest BCUT2D eigenvalue weighted by molar-refractivity contribution is 7.99. The van der Waals surface area contributed by atoms with Gasteiger partial charge in [0.2, 0.25) is 11.1 Å². The molecule has 0 saturated carbocycles. The Morgan fingerprint density at radius 3 is 2.59 bits per heavy atom. The normalized spacial score (nSPS) is 10.7. The van der Waals surface area contributed by atoms with Crippen molar-refractivity contribution in [3.8, 4) is 17.1 Å². The summed E-state index contributed by atoms with van der Waals surface area (Å²) < 4.78 is 8.97. The molecule has 1 N–H and O–H groups in total. The number of benzene rings is 2. The van der Waals surface area contributed by atoms with Crippen LogP contribution in [-0.4, -0.2) is 38.3 Å². The minimum absolute atomic E-state index is 0.133. The maximum Gasteiger partial charge on any atom is 0.234 e. The van der Waals surface area contributed by atoms with Gasteiger partial charge in [-0.2, -0.15) is 0 Å². The van der Waals surface area contributed by atoms with Gasteiger partial charge in [-0.05, 0) is 24.3 Å². The zero-order valence-electron chi connectivity index (χ0n) is 15.7. The molecule has 1 amide bonds. The summed E-state index contributed by atoms with van der Waals surface area (Å²) in [4.78, 5) is 12.4. The van der Waals surface area contributed by atoms with Crippen LogP contribution in [0.25, 0.3) is 11.4 Å². The van der Waals surface area contributed by atoms with Gasteiger partial charge in [0.1, 0.15) is 5.75 Å². The first-order chi connectivity index (χ1) is 14.2. The van der Waals surface area contributed by atoms with Crippen molar-refractivity contribution < 1.29 is 9.53 Å². The molecule has 2 heterocycles. The Kier molecular flexibility index (Phi) is 5.62.